The number of aromatic nitrogens is 2. The van der Waals surface area contributed by atoms with E-state index in [1.54, 1.807) is 30.4 Å². The molecule has 1 saturated heterocycles. The summed E-state index contributed by atoms with van der Waals surface area (Å²) in [4.78, 5) is 41.8. The summed E-state index contributed by atoms with van der Waals surface area (Å²) in [5.41, 5.74) is 0.121. The van der Waals surface area contributed by atoms with Crippen LogP contribution in [0.3, 0.4) is 0 Å². The molecule has 2 aromatic rings. The summed E-state index contributed by atoms with van der Waals surface area (Å²) in [6.45, 7) is 9.39. The quantitative estimate of drug-likeness (QED) is 0.825. The van der Waals surface area contributed by atoms with E-state index in [9.17, 15) is 14.4 Å². The zero-order chi connectivity index (χ0) is 21.4. The molecule has 158 valence electrons. The first-order valence-electron chi connectivity index (χ1n) is 9.92. The average Bonchev–Trinajstić information content (AvgIpc) is 3.12. The third-order valence-electron chi connectivity index (χ3n) is 5.44. The second-order valence-electron chi connectivity index (χ2n) is 9.19. The van der Waals surface area contributed by atoms with Gasteiger partial charge in [-0.15, -0.1) is 0 Å². The molecule has 2 amide bonds. The molecule has 29 heavy (non-hydrogen) atoms. The molecule has 0 unspecified atom stereocenters. The Morgan fingerprint density at radius 2 is 1.93 bits per heavy atom. The van der Waals surface area contributed by atoms with Crippen molar-refractivity contribution < 1.29 is 14.3 Å². The fraction of sp³-hybridized carbons (Fsp3) is 0.571. The number of aromatic amines is 1. The molecule has 8 nitrogen and oxygen atoms in total. The van der Waals surface area contributed by atoms with Crippen molar-refractivity contribution in [3.8, 4) is 0 Å². The number of nitrogens with zero attached hydrogens (tertiary/aromatic N) is 2. The highest BCUT2D eigenvalue weighted by Gasteiger charge is 2.34. The standard InChI is InChI=1S/C21H30N4O4/c1-20(2,3)29-19(28)25-10-7-21(4,8-11-25)13-23-17(26)15-12-24(5)18(27)16-14(15)6-9-22-16/h6,9,12,22H,7-8,10-11,13H2,1-5H3,(H,23,26). The van der Waals surface area contributed by atoms with E-state index in [1.165, 1.54) is 4.57 Å². The van der Waals surface area contributed by atoms with E-state index in [-0.39, 0.29) is 23.0 Å². The lowest BCUT2D eigenvalue weighted by atomic mass is 9.80. The highest BCUT2D eigenvalue weighted by atomic mass is 16.6. The van der Waals surface area contributed by atoms with Crippen LogP contribution in [0.5, 0.6) is 0 Å². The van der Waals surface area contributed by atoms with Gasteiger partial charge in [0.05, 0.1) is 5.56 Å². The van der Waals surface area contributed by atoms with Crippen molar-refractivity contribution in [2.75, 3.05) is 19.6 Å². The number of aryl methyl sites for hydroxylation is 1. The predicted octanol–water partition coefficient (Wildman–Crippen LogP) is 2.63. The zero-order valence-electron chi connectivity index (χ0n) is 17.8. The minimum absolute atomic E-state index is 0.105. The minimum atomic E-state index is -0.509. The number of carbonyl (C=O) groups is 2. The number of rotatable bonds is 3. The highest BCUT2D eigenvalue weighted by molar-refractivity contribution is 6.05. The van der Waals surface area contributed by atoms with Gasteiger partial charge in [0, 0.05) is 44.5 Å². The fourth-order valence-corrected chi connectivity index (χ4v) is 3.57. The summed E-state index contributed by atoms with van der Waals surface area (Å²) in [6, 6.07) is 1.74. The number of likely N-dealkylation sites (tertiary alicyclic amines) is 1. The van der Waals surface area contributed by atoms with Gasteiger partial charge in [0.25, 0.3) is 11.5 Å². The van der Waals surface area contributed by atoms with Gasteiger partial charge < -0.3 is 24.5 Å². The molecular weight excluding hydrogens is 372 g/mol. The maximum absolute atomic E-state index is 12.8. The fourth-order valence-electron chi connectivity index (χ4n) is 3.57. The second kappa shape index (κ2) is 7.57. The van der Waals surface area contributed by atoms with Crippen LogP contribution in [0.25, 0.3) is 10.9 Å². The van der Waals surface area contributed by atoms with Crippen molar-refractivity contribution in [1.29, 1.82) is 0 Å². The number of pyridine rings is 1. The molecule has 3 heterocycles. The van der Waals surface area contributed by atoms with Crippen LogP contribution in [0.2, 0.25) is 0 Å². The van der Waals surface area contributed by atoms with Crippen molar-refractivity contribution >= 4 is 22.9 Å². The van der Waals surface area contributed by atoms with Crippen molar-refractivity contribution in [2.45, 2.75) is 46.1 Å². The first kappa shape index (κ1) is 21.0. The molecule has 0 bridgehead atoms. The van der Waals surface area contributed by atoms with Gasteiger partial charge in [0.15, 0.2) is 0 Å². The highest BCUT2D eigenvalue weighted by Crippen LogP contribution is 2.31. The number of nitrogens with one attached hydrogen (secondary N) is 2. The number of carbonyl (C=O) groups excluding carboxylic acids is 2. The maximum atomic E-state index is 12.8. The molecule has 0 radical (unpaired) electrons. The van der Waals surface area contributed by atoms with Gasteiger partial charge in [-0.3, -0.25) is 9.59 Å². The Kier molecular flexibility index (Phi) is 5.47. The molecule has 0 saturated carbocycles. The number of H-pyrrole nitrogens is 1. The summed E-state index contributed by atoms with van der Waals surface area (Å²) < 4.78 is 6.85. The molecule has 1 aliphatic rings. The monoisotopic (exact) mass is 402 g/mol. The number of hydrogen-bond donors (Lipinski definition) is 2. The molecule has 1 aliphatic heterocycles. The Hall–Kier alpha value is -2.77. The van der Waals surface area contributed by atoms with E-state index in [1.807, 2.05) is 20.8 Å². The van der Waals surface area contributed by atoms with Crippen molar-refractivity contribution in [1.82, 2.24) is 19.8 Å². The Morgan fingerprint density at radius 1 is 1.28 bits per heavy atom. The SMILES string of the molecule is Cn1cc(C(=O)NCC2(C)CCN(C(=O)OC(C)(C)C)CC2)c2cc[nH]c2c1=O. The van der Waals surface area contributed by atoms with E-state index < -0.39 is 5.60 Å². The topological polar surface area (TPSA) is 96.4 Å². The molecule has 0 aliphatic carbocycles. The van der Waals surface area contributed by atoms with Gasteiger partial charge in [-0.1, -0.05) is 6.92 Å². The molecule has 0 aromatic carbocycles. The third kappa shape index (κ3) is 4.63. The lowest BCUT2D eigenvalue weighted by Crippen LogP contribution is -2.47. The van der Waals surface area contributed by atoms with Crippen LogP contribution in [-0.4, -0.2) is 51.7 Å². The molecule has 2 N–H and O–H groups in total. The Labute approximate surface area is 170 Å². The third-order valence-corrected chi connectivity index (χ3v) is 5.44. The zero-order valence-corrected chi connectivity index (χ0v) is 17.8. The van der Waals surface area contributed by atoms with Gasteiger partial charge in [0.2, 0.25) is 0 Å². The predicted molar refractivity (Wildman–Crippen MR) is 111 cm³/mol. The lowest BCUT2D eigenvalue weighted by molar-refractivity contribution is 0.0118. The van der Waals surface area contributed by atoms with Crippen molar-refractivity contribution in [3.63, 3.8) is 0 Å². The lowest BCUT2D eigenvalue weighted by Gasteiger charge is -2.39. The van der Waals surface area contributed by atoms with Gasteiger partial charge >= 0.3 is 6.09 Å². The Bertz CT molecular complexity index is 975. The molecule has 2 aromatic heterocycles. The van der Waals surface area contributed by atoms with Crippen LogP contribution in [0.1, 0.15) is 50.9 Å². The molecule has 0 spiro atoms. The van der Waals surface area contributed by atoms with E-state index >= 15 is 0 Å². The summed E-state index contributed by atoms with van der Waals surface area (Å²) in [5, 5.41) is 3.64. The van der Waals surface area contributed by atoms with Gasteiger partial charge in [-0.05, 0) is 45.1 Å². The molecule has 3 rings (SSSR count). The smallest absolute Gasteiger partial charge is 0.410 e. The number of hydrogen-bond acceptors (Lipinski definition) is 4. The number of fused-ring (bicyclic) bond motifs is 1. The van der Waals surface area contributed by atoms with E-state index in [4.69, 9.17) is 4.74 Å². The van der Waals surface area contributed by atoms with Gasteiger partial charge in [-0.25, -0.2) is 4.79 Å². The second-order valence-corrected chi connectivity index (χ2v) is 9.19. The van der Waals surface area contributed by atoms with Crippen LogP contribution in [0.4, 0.5) is 4.79 Å². The summed E-state index contributed by atoms with van der Waals surface area (Å²) >= 11 is 0. The van der Waals surface area contributed by atoms with Crippen LogP contribution in [-0.2, 0) is 11.8 Å². The number of ether oxygens (including phenoxy) is 1. The molecule has 0 atom stereocenters. The Balaban J connectivity index is 1.62. The maximum Gasteiger partial charge on any atom is 0.410 e. The first-order valence-corrected chi connectivity index (χ1v) is 9.92. The van der Waals surface area contributed by atoms with Crippen LogP contribution in [0, 0.1) is 5.41 Å². The largest absolute Gasteiger partial charge is 0.444 e. The summed E-state index contributed by atoms with van der Waals surface area (Å²) in [5.74, 6) is -0.207. The van der Waals surface area contributed by atoms with Crippen LogP contribution in [0.15, 0.2) is 23.3 Å². The van der Waals surface area contributed by atoms with Crippen molar-refractivity contribution in [2.24, 2.45) is 12.5 Å². The van der Waals surface area contributed by atoms with Gasteiger partial charge in [0.1, 0.15) is 11.1 Å². The molecule has 1 fully saturated rings. The van der Waals surface area contributed by atoms with Crippen LogP contribution < -0.4 is 10.9 Å². The Morgan fingerprint density at radius 3 is 2.55 bits per heavy atom. The number of amides is 2. The van der Waals surface area contributed by atoms with Gasteiger partial charge in [-0.2, -0.15) is 0 Å². The summed E-state index contributed by atoms with van der Waals surface area (Å²) in [7, 11) is 1.63. The van der Waals surface area contributed by atoms with E-state index in [0.717, 1.165) is 12.8 Å². The van der Waals surface area contributed by atoms with Crippen LogP contribution >= 0.6 is 0 Å². The van der Waals surface area contributed by atoms with E-state index in [2.05, 4.69) is 17.2 Å². The minimum Gasteiger partial charge on any atom is -0.444 e. The molecule has 8 heteroatoms. The van der Waals surface area contributed by atoms with Crippen molar-refractivity contribution in [3.05, 3.63) is 34.4 Å². The molecular formula is C21H30N4O4. The first-order chi connectivity index (χ1) is 13.5. The normalized spacial score (nSPS) is 16.7. The van der Waals surface area contributed by atoms with E-state index in [0.29, 0.717) is 36.1 Å². The average molecular weight is 402 g/mol. The summed E-state index contributed by atoms with van der Waals surface area (Å²) in [6.07, 6.45) is 4.50. The number of piperidine rings is 1.